The van der Waals surface area contributed by atoms with Gasteiger partial charge in [0.1, 0.15) is 11.6 Å². The molecule has 0 spiro atoms. The topological polar surface area (TPSA) is 32.8 Å². The van der Waals surface area contributed by atoms with Crippen LogP contribution in [0.3, 0.4) is 0 Å². The molecule has 0 bridgehead atoms. The van der Waals surface area contributed by atoms with Gasteiger partial charge in [0.2, 0.25) is 5.91 Å². The van der Waals surface area contributed by atoms with Crippen molar-refractivity contribution in [1.82, 2.24) is 4.90 Å². The normalized spacial score (nSPS) is 18.5. The van der Waals surface area contributed by atoms with E-state index in [4.69, 9.17) is 4.74 Å². The van der Waals surface area contributed by atoms with Crippen molar-refractivity contribution in [2.45, 2.75) is 18.3 Å². The molecule has 2 aliphatic rings. The summed E-state index contributed by atoms with van der Waals surface area (Å²) < 4.78 is 18.7. The molecule has 0 aromatic heterocycles. The molecule has 0 radical (unpaired) electrons. The van der Waals surface area contributed by atoms with Gasteiger partial charge in [-0.05, 0) is 42.7 Å². The average molecular weight is 354 g/mol. The zero-order valence-electron chi connectivity index (χ0n) is 15.0. The van der Waals surface area contributed by atoms with Crippen LogP contribution in [0, 0.1) is 5.82 Å². The number of piperazine rings is 1. The van der Waals surface area contributed by atoms with Crippen LogP contribution in [0.2, 0.25) is 0 Å². The predicted octanol–water partition coefficient (Wildman–Crippen LogP) is 3.21. The van der Waals surface area contributed by atoms with Crippen LogP contribution in [-0.2, 0) is 10.2 Å². The highest BCUT2D eigenvalue weighted by atomic mass is 19.1. The number of benzene rings is 2. The van der Waals surface area contributed by atoms with E-state index in [0.717, 1.165) is 42.9 Å². The Balaban J connectivity index is 1.45. The SMILES string of the molecule is COc1ccccc1N1CCN(C(=O)C2(c3ccc(F)cc3)CC2)CC1. The summed E-state index contributed by atoms with van der Waals surface area (Å²) >= 11 is 0. The lowest BCUT2D eigenvalue weighted by Crippen LogP contribution is -2.51. The molecule has 4 nitrogen and oxygen atoms in total. The second-order valence-electron chi connectivity index (χ2n) is 7.04. The third kappa shape index (κ3) is 2.91. The molecule has 2 aromatic carbocycles. The highest BCUT2D eigenvalue weighted by molar-refractivity contribution is 5.91. The molecule has 1 aliphatic carbocycles. The first-order valence-electron chi connectivity index (χ1n) is 9.07. The third-order valence-corrected chi connectivity index (χ3v) is 5.55. The minimum Gasteiger partial charge on any atom is -0.495 e. The molecular formula is C21H23FN2O2. The molecule has 5 heteroatoms. The Morgan fingerprint density at radius 2 is 1.65 bits per heavy atom. The van der Waals surface area contributed by atoms with Crippen molar-refractivity contribution in [3.63, 3.8) is 0 Å². The van der Waals surface area contributed by atoms with Gasteiger partial charge in [-0.25, -0.2) is 4.39 Å². The minimum atomic E-state index is -0.430. The van der Waals surface area contributed by atoms with Crippen molar-refractivity contribution < 1.29 is 13.9 Å². The van der Waals surface area contributed by atoms with Crippen LogP contribution in [0.25, 0.3) is 0 Å². The summed E-state index contributed by atoms with van der Waals surface area (Å²) in [6.45, 7) is 2.96. The van der Waals surface area contributed by atoms with Crippen LogP contribution in [0.4, 0.5) is 10.1 Å². The van der Waals surface area contributed by atoms with Crippen LogP contribution >= 0.6 is 0 Å². The Kier molecular flexibility index (Phi) is 4.31. The highest BCUT2D eigenvalue weighted by Gasteiger charge is 2.53. The summed E-state index contributed by atoms with van der Waals surface area (Å²) in [4.78, 5) is 17.3. The molecular weight excluding hydrogens is 331 g/mol. The van der Waals surface area contributed by atoms with E-state index in [2.05, 4.69) is 11.0 Å². The standard InChI is InChI=1S/C21H23FN2O2/c1-26-19-5-3-2-4-18(19)23-12-14-24(15-13-23)20(25)21(10-11-21)16-6-8-17(22)9-7-16/h2-9H,10-15H2,1H3. The monoisotopic (exact) mass is 354 g/mol. The highest BCUT2D eigenvalue weighted by Crippen LogP contribution is 2.49. The lowest BCUT2D eigenvalue weighted by Gasteiger charge is -2.38. The number of halogens is 1. The maximum Gasteiger partial charge on any atom is 0.233 e. The van der Waals surface area contributed by atoms with Crippen molar-refractivity contribution in [1.29, 1.82) is 0 Å². The molecule has 0 atom stereocenters. The van der Waals surface area contributed by atoms with Gasteiger partial charge in [0.05, 0.1) is 18.2 Å². The fourth-order valence-electron chi connectivity index (χ4n) is 3.86. The van der Waals surface area contributed by atoms with Gasteiger partial charge >= 0.3 is 0 Å². The number of carbonyl (C=O) groups excluding carboxylic acids is 1. The molecule has 2 aromatic rings. The quantitative estimate of drug-likeness (QED) is 0.845. The van der Waals surface area contributed by atoms with E-state index in [0.29, 0.717) is 13.1 Å². The van der Waals surface area contributed by atoms with E-state index < -0.39 is 5.41 Å². The Morgan fingerprint density at radius 3 is 2.27 bits per heavy atom. The maximum absolute atomic E-state index is 13.2. The van der Waals surface area contributed by atoms with Crippen LogP contribution < -0.4 is 9.64 Å². The molecule has 1 saturated heterocycles. The lowest BCUT2D eigenvalue weighted by atomic mass is 9.94. The van der Waals surface area contributed by atoms with Crippen LogP contribution in [0.5, 0.6) is 5.75 Å². The summed E-state index contributed by atoms with van der Waals surface area (Å²) in [7, 11) is 1.68. The van der Waals surface area contributed by atoms with Crippen molar-refractivity contribution in [3.05, 3.63) is 59.9 Å². The van der Waals surface area contributed by atoms with Crippen molar-refractivity contribution >= 4 is 11.6 Å². The van der Waals surface area contributed by atoms with Crippen molar-refractivity contribution in [3.8, 4) is 5.75 Å². The number of hydrogen-bond donors (Lipinski definition) is 0. The number of ether oxygens (including phenoxy) is 1. The molecule has 1 amide bonds. The molecule has 1 saturated carbocycles. The second-order valence-corrected chi connectivity index (χ2v) is 7.04. The van der Waals surface area contributed by atoms with E-state index in [1.54, 1.807) is 19.2 Å². The maximum atomic E-state index is 13.2. The van der Waals surface area contributed by atoms with Gasteiger partial charge in [-0.3, -0.25) is 4.79 Å². The first-order valence-corrected chi connectivity index (χ1v) is 9.07. The lowest BCUT2D eigenvalue weighted by molar-refractivity contribution is -0.134. The zero-order valence-corrected chi connectivity index (χ0v) is 15.0. The Morgan fingerprint density at radius 1 is 1.00 bits per heavy atom. The molecule has 0 unspecified atom stereocenters. The first-order chi connectivity index (χ1) is 12.6. The first kappa shape index (κ1) is 16.9. The number of nitrogens with zero attached hydrogens (tertiary/aromatic N) is 2. The summed E-state index contributed by atoms with van der Waals surface area (Å²) in [6.07, 6.45) is 1.70. The van der Waals surface area contributed by atoms with Gasteiger partial charge in [0, 0.05) is 26.2 Å². The van der Waals surface area contributed by atoms with Gasteiger partial charge < -0.3 is 14.5 Å². The molecule has 136 valence electrons. The average Bonchev–Trinajstić information content (AvgIpc) is 3.50. The number of hydrogen-bond acceptors (Lipinski definition) is 3. The van der Waals surface area contributed by atoms with Crippen molar-refractivity contribution in [2.75, 3.05) is 38.2 Å². The molecule has 0 N–H and O–H groups in total. The van der Waals surface area contributed by atoms with Crippen LogP contribution in [-0.4, -0.2) is 44.1 Å². The molecule has 2 fully saturated rings. The van der Waals surface area contributed by atoms with Gasteiger partial charge in [-0.2, -0.15) is 0 Å². The number of rotatable bonds is 4. The van der Waals surface area contributed by atoms with E-state index in [1.165, 1.54) is 12.1 Å². The summed E-state index contributed by atoms with van der Waals surface area (Å²) in [6, 6.07) is 14.4. The van der Waals surface area contributed by atoms with Gasteiger partial charge in [0.15, 0.2) is 0 Å². The van der Waals surface area contributed by atoms with Crippen LogP contribution in [0.15, 0.2) is 48.5 Å². The third-order valence-electron chi connectivity index (χ3n) is 5.55. The van der Waals surface area contributed by atoms with Crippen molar-refractivity contribution in [2.24, 2.45) is 0 Å². The number of amides is 1. The number of para-hydroxylation sites is 2. The fraction of sp³-hybridized carbons (Fsp3) is 0.381. The van der Waals surface area contributed by atoms with Gasteiger partial charge in [-0.1, -0.05) is 24.3 Å². The largest absolute Gasteiger partial charge is 0.495 e. The smallest absolute Gasteiger partial charge is 0.233 e. The summed E-state index contributed by atoms with van der Waals surface area (Å²) in [5.74, 6) is 0.781. The molecule has 1 aliphatic heterocycles. The number of anilines is 1. The fourth-order valence-corrected chi connectivity index (χ4v) is 3.86. The van der Waals surface area contributed by atoms with E-state index in [9.17, 15) is 9.18 Å². The molecule has 1 heterocycles. The summed E-state index contributed by atoms with van der Waals surface area (Å²) in [5.41, 5.74) is 1.58. The minimum absolute atomic E-state index is 0.184. The van der Waals surface area contributed by atoms with Crippen LogP contribution in [0.1, 0.15) is 18.4 Å². The van der Waals surface area contributed by atoms with E-state index >= 15 is 0 Å². The zero-order chi connectivity index (χ0) is 18.1. The Hall–Kier alpha value is -2.56. The molecule has 4 rings (SSSR count). The number of carbonyl (C=O) groups is 1. The Bertz CT molecular complexity index is 794. The Labute approximate surface area is 153 Å². The number of methoxy groups -OCH3 is 1. The van der Waals surface area contributed by atoms with Gasteiger partial charge in [-0.15, -0.1) is 0 Å². The van der Waals surface area contributed by atoms with E-state index in [-0.39, 0.29) is 11.7 Å². The predicted molar refractivity (Wildman–Crippen MR) is 99.1 cm³/mol. The molecule has 26 heavy (non-hydrogen) atoms. The summed E-state index contributed by atoms with van der Waals surface area (Å²) in [5, 5.41) is 0. The second kappa shape index (κ2) is 6.63. The van der Waals surface area contributed by atoms with Gasteiger partial charge in [0.25, 0.3) is 0 Å². The van der Waals surface area contributed by atoms with E-state index in [1.807, 2.05) is 23.1 Å².